The first-order valence-electron chi connectivity index (χ1n) is 4.13. The number of hydrogen-bond acceptors (Lipinski definition) is 4. The summed E-state index contributed by atoms with van der Waals surface area (Å²) in [6.45, 7) is 6.29. The van der Waals surface area contributed by atoms with Crippen molar-refractivity contribution in [1.82, 2.24) is 4.37 Å². The molecule has 0 spiro atoms. The first kappa shape index (κ1) is 9.32. The molecule has 1 atom stereocenters. The van der Waals surface area contributed by atoms with Gasteiger partial charge in [0.1, 0.15) is 10.8 Å². The quantitative estimate of drug-likeness (QED) is 0.759. The fraction of sp³-hybridized carbons (Fsp3) is 0.625. The molecule has 3 nitrogen and oxygen atoms in total. The fourth-order valence-electron chi connectivity index (χ4n) is 0.809. The van der Waals surface area contributed by atoms with Crippen molar-refractivity contribution < 1.29 is 0 Å². The topological polar surface area (TPSA) is 50.9 Å². The van der Waals surface area contributed by atoms with E-state index in [1.807, 2.05) is 6.92 Å². The lowest BCUT2D eigenvalue weighted by Crippen LogP contribution is -2.12. The van der Waals surface area contributed by atoms with Crippen LogP contribution in [0.2, 0.25) is 0 Å². The van der Waals surface area contributed by atoms with Crippen LogP contribution in [0.5, 0.6) is 0 Å². The lowest BCUT2D eigenvalue weighted by molar-refractivity contribution is 0.766. The van der Waals surface area contributed by atoms with Gasteiger partial charge in [0, 0.05) is 11.6 Å². The van der Waals surface area contributed by atoms with Gasteiger partial charge in [0.25, 0.3) is 0 Å². The molecule has 0 aliphatic carbocycles. The molecule has 0 bridgehead atoms. The van der Waals surface area contributed by atoms with E-state index in [-0.39, 0.29) is 0 Å². The van der Waals surface area contributed by atoms with E-state index < -0.39 is 0 Å². The molecule has 0 fully saturated rings. The van der Waals surface area contributed by atoms with Crippen LogP contribution in [-0.4, -0.2) is 10.4 Å². The maximum atomic E-state index is 5.62. The molecule has 3 N–H and O–H groups in total. The standard InChI is InChI=1S/C8H15N3S/c1-4-5(2)10-8-6(3)7(9)11-12-8/h5,10H,4H2,1-3H3,(H2,9,11). The summed E-state index contributed by atoms with van der Waals surface area (Å²) in [7, 11) is 0. The molecule has 1 heterocycles. The molecule has 0 aliphatic heterocycles. The lowest BCUT2D eigenvalue weighted by atomic mass is 10.2. The number of rotatable bonds is 3. The number of anilines is 2. The molecule has 1 unspecified atom stereocenters. The molecular weight excluding hydrogens is 170 g/mol. The molecule has 1 rings (SSSR count). The Balaban J connectivity index is 2.69. The van der Waals surface area contributed by atoms with E-state index in [4.69, 9.17) is 5.73 Å². The smallest absolute Gasteiger partial charge is 0.142 e. The van der Waals surface area contributed by atoms with Gasteiger partial charge in [0.05, 0.1) is 0 Å². The van der Waals surface area contributed by atoms with Gasteiger partial charge >= 0.3 is 0 Å². The normalized spacial score (nSPS) is 12.9. The highest BCUT2D eigenvalue weighted by atomic mass is 32.1. The van der Waals surface area contributed by atoms with Crippen molar-refractivity contribution in [3.63, 3.8) is 0 Å². The third-order valence-corrected chi connectivity index (χ3v) is 2.84. The SMILES string of the molecule is CCC(C)Nc1snc(N)c1C. The van der Waals surface area contributed by atoms with E-state index in [9.17, 15) is 0 Å². The van der Waals surface area contributed by atoms with Crippen LogP contribution in [0.25, 0.3) is 0 Å². The van der Waals surface area contributed by atoms with Crippen molar-refractivity contribution in [3.8, 4) is 0 Å². The van der Waals surface area contributed by atoms with Crippen LogP contribution in [0.4, 0.5) is 10.8 Å². The summed E-state index contributed by atoms with van der Waals surface area (Å²) >= 11 is 1.43. The summed E-state index contributed by atoms with van der Waals surface area (Å²) in [5, 5.41) is 4.46. The zero-order valence-corrected chi connectivity index (χ0v) is 8.53. The number of hydrogen-bond donors (Lipinski definition) is 2. The van der Waals surface area contributed by atoms with Crippen molar-refractivity contribution in [2.75, 3.05) is 11.1 Å². The summed E-state index contributed by atoms with van der Waals surface area (Å²) in [6, 6.07) is 0.489. The van der Waals surface area contributed by atoms with Crippen molar-refractivity contribution in [2.24, 2.45) is 0 Å². The second-order valence-electron chi connectivity index (χ2n) is 2.98. The van der Waals surface area contributed by atoms with Gasteiger partial charge in [-0.25, -0.2) is 0 Å². The Labute approximate surface area is 77.1 Å². The van der Waals surface area contributed by atoms with Gasteiger partial charge < -0.3 is 11.1 Å². The number of nitrogen functional groups attached to an aromatic ring is 1. The minimum absolute atomic E-state index is 0.489. The van der Waals surface area contributed by atoms with E-state index in [2.05, 4.69) is 23.5 Å². The van der Waals surface area contributed by atoms with Crippen LogP contribution >= 0.6 is 11.5 Å². The molecule has 0 aliphatic rings. The molecule has 0 saturated carbocycles. The number of nitrogens with one attached hydrogen (secondary N) is 1. The lowest BCUT2D eigenvalue weighted by Gasteiger charge is -2.10. The van der Waals surface area contributed by atoms with Crippen LogP contribution < -0.4 is 11.1 Å². The number of nitrogens with two attached hydrogens (primary N) is 1. The number of nitrogens with zero attached hydrogens (tertiary/aromatic N) is 1. The van der Waals surface area contributed by atoms with Crippen molar-refractivity contribution in [2.45, 2.75) is 33.2 Å². The van der Waals surface area contributed by atoms with Crippen molar-refractivity contribution >= 4 is 22.4 Å². The van der Waals surface area contributed by atoms with Crippen LogP contribution in [0.3, 0.4) is 0 Å². The van der Waals surface area contributed by atoms with E-state index in [0.717, 1.165) is 17.0 Å². The van der Waals surface area contributed by atoms with Gasteiger partial charge in [0.15, 0.2) is 0 Å². The van der Waals surface area contributed by atoms with Crippen LogP contribution in [0.1, 0.15) is 25.8 Å². The summed E-state index contributed by atoms with van der Waals surface area (Å²) in [5.74, 6) is 0.644. The third kappa shape index (κ3) is 1.88. The predicted molar refractivity (Wildman–Crippen MR) is 54.6 cm³/mol. The molecule has 68 valence electrons. The largest absolute Gasteiger partial charge is 0.383 e. The van der Waals surface area contributed by atoms with Gasteiger partial charge in [-0.2, -0.15) is 4.37 Å². The predicted octanol–water partition coefficient (Wildman–Crippen LogP) is 2.24. The van der Waals surface area contributed by atoms with Crippen LogP contribution in [-0.2, 0) is 0 Å². The maximum Gasteiger partial charge on any atom is 0.142 e. The zero-order valence-electron chi connectivity index (χ0n) is 7.72. The Bertz CT molecular complexity index is 257. The molecule has 4 heteroatoms. The second kappa shape index (κ2) is 3.76. The highest BCUT2D eigenvalue weighted by Crippen LogP contribution is 2.26. The van der Waals surface area contributed by atoms with E-state index in [0.29, 0.717) is 11.9 Å². The van der Waals surface area contributed by atoms with Gasteiger partial charge in [-0.15, -0.1) is 0 Å². The molecule has 1 aromatic heterocycles. The van der Waals surface area contributed by atoms with Gasteiger partial charge in [-0.05, 0) is 31.8 Å². The van der Waals surface area contributed by atoms with Gasteiger partial charge in [-0.1, -0.05) is 6.92 Å². The Kier molecular flexibility index (Phi) is 2.92. The summed E-state index contributed by atoms with van der Waals surface area (Å²) in [4.78, 5) is 0. The Morgan fingerprint density at radius 3 is 2.75 bits per heavy atom. The van der Waals surface area contributed by atoms with E-state index >= 15 is 0 Å². The average molecular weight is 185 g/mol. The molecule has 1 aromatic rings. The molecular formula is C8H15N3S. The zero-order chi connectivity index (χ0) is 9.14. The van der Waals surface area contributed by atoms with Crippen molar-refractivity contribution in [3.05, 3.63) is 5.56 Å². The summed E-state index contributed by atoms with van der Waals surface area (Å²) < 4.78 is 4.06. The van der Waals surface area contributed by atoms with Gasteiger partial charge in [0.2, 0.25) is 0 Å². The average Bonchev–Trinajstić information content (AvgIpc) is 2.36. The van der Waals surface area contributed by atoms with Crippen molar-refractivity contribution in [1.29, 1.82) is 0 Å². The third-order valence-electron chi connectivity index (χ3n) is 1.95. The molecule has 0 amide bonds. The first-order valence-corrected chi connectivity index (χ1v) is 4.90. The van der Waals surface area contributed by atoms with Gasteiger partial charge in [-0.3, -0.25) is 0 Å². The monoisotopic (exact) mass is 185 g/mol. The highest BCUT2D eigenvalue weighted by Gasteiger charge is 2.07. The first-order chi connectivity index (χ1) is 5.65. The number of aromatic nitrogens is 1. The van der Waals surface area contributed by atoms with Crippen LogP contribution in [0.15, 0.2) is 0 Å². The molecule has 0 radical (unpaired) electrons. The highest BCUT2D eigenvalue weighted by molar-refractivity contribution is 7.10. The minimum Gasteiger partial charge on any atom is -0.383 e. The summed E-state index contributed by atoms with van der Waals surface area (Å²) in [5.41, 5.74) is 6.69. The Hall–Kier alpha value is -0.770. The van der Waals surface area contributed by atoms with E-state index in [1.165, 1.54) is 11.5 Å². The van der Waals surface area contributed by atoms with E-state index in [1.54, 1.807) is 0 Å². The fourth-order valence-corrected chi connectivity index (χ4v) is 1.63. The molecule has 0 saturated heterocycles. The maximum absolute atomic E-state index is 5.62. The Morgan fingerprint density at radius 1 is 1.67 bits per heavy atom. The molecule has 12 heavy (non-hydrogen) atoms. The second-order valence-corrected chi connectivity index (χ2v) is 3.75. The molecule has 0 aromatic carbocycles. The Morgan fingerprint density at radius 2 is 2.33 bits per heavy atom. The van der Waals surface area contributed by atoms with Crippen LogP contribution in [0, 0.1) is 6.92 Å². The minimum atomic E-state index is 0.489. The summed E-state index contributed by atoms with van der Waals surface area (Å²) in [6.07, 6.45) is 1.11.